The van der Waals surface area contributed by atoms with Gasteiger partial charge in [0.25, 0.3) is 0 Å². The summed E-state index contributed by atoms with van der Waals surface area (Å²) in [6, 6.07) is 4.06. The number of aromatic nitrogens is 3. The van der Waals surface area contributed by atoms with Crippen LogP contribution in [-0.2, 0) is 0 Å². The average Bonchev–Trinajstić information content (AvgIpc) is 2.93. The first kappa shape index (κ1) is 10.2. The van der Waals surface area contributed by atoms with E-state index in [0.29, 0.717) is 11.7 Å². The third kappa shape index (κ3) is 1.53. The van der Waals surface area contributed by atoms with Crippen molar-refractivity contribution in [2.75, 3.05) is 13.1 Å². The molecule has 3 aromatic heterocycles. The Balaban J connectivity index is 1.74. The van der Waals surface area contributed by atoms with E-state index in [2.05, 4.69) is 26.5 Å². The Hall–Kier alpha value is -1.79. The second-order valence-electron chi connectivity index (χ2n) is 4.34. The standard InChI is InChI=1S/C12H10N4OS/c1-2-18-10-3-7(6-14-9(1)10)11-15-12(17-16-11)8-4-13-5-8/h1-3,6,8,13H,4-5H2. The zero-order chi connectivity index (χ0) is 11.9. The molecule has 1 saturated heterocycles. The van der Waals surface area contributed by atoms with E-state index in [4.69, 9.17) is 4.52 Å². The third-order valence-corrected chi connectivity index (χ3v) is 3.99. The molecule has 0 atom stereocenters. The molecule has 0 bridgehead atoms. The van der Waals surface area contributed by atoms with Crippen LogP contribution in [0.1, 0.15) is 11.8 Å². The molecule has 18 heavy (non-hydrogen) atoms. The Morgan fingerprint density at radius 3 is 3.17 bits per heavy atom. The van der Waals surface area contributed by atoms with Crippen molar-refractivity contribution >= 4 is 21.6 Å². The van der Waals surface area contributed by atoms with E-state index < -0.39 is 0 Å². The van der Waals surface area contributed by atoms with Gasteiger partial charge in [-0.15, -0.1) is 11.3 Å². The summed E-state index contributed by atoms with van der Waals surface area (Å²) < 4.78 is 6.43. The molecule has 0 aliphatic carbocycles. The quantitative estimate of drug-likeness (QED) is 0.762. The van der Waals surface area contributed by atoms with Crippen molar-refractivity contribution in [3.8, 4) is 11.4 Å². The maximum atomic E-state index is 5.29. The molecule has 5 nitrogen and oxygen atoms in total. The predicted molar refractivity (Wildman–Crippen MR) is 68.5 cm³/mol. The predicted octanol–water partition coefficient (Wildman–Crippen LogP) is 2.03. The van der Waals surface area contributed by atoms with E-state index in [1.807, 2.05) is 11.4 Å². The number of rotatable bonds is 2. The van der Waals surface area contributed by atoms with Gasteiger partial charge in [0, 0.05) is 24.8 Å². The van der Waals surface area contributed by atoms with Gasteiger partial charge < -0.3 is 9.84 Å². The smallest absolute Gasteiger partial charge is 0.232 e. The highest BCUT2D eigenvalue weighted by molar-refractivity contribution is 7.17. The van der Waals surface area contributed by atoms with Crippen LogP contribution in [0.4, 0.5) is 0 Å². The molecule has 4 heterocycles. The fraction of sp³-hybridized carbons (Fsp3) is 0.250. The molecule has 0 spiro atoms. The van der Waals surface area contributed by atoms with Crippen LogP contribution < -0.4 is 5.32 Å². The fourth-order valence-corrected chi connectivity index (χ4v) is 2.73. The summed E-state index contributed by atoms with van der Waals surface area (Å²) in [7, 11) is 0. The van der Waals surface area contributed by atoms with Crippen molar-refractivity contribution in [2.45, 2.75) is 5.92 Å². The Kier molecular flexibility index (Phi) is 2.18. The number of fused-ring (bicyclic) bond motifs is 1. The summed E-state index contributed by atoms with van der Waals surface area (Å²) >= 11 is 1.67. The number of nitrogens with one attached hydrogen (secondary N) is 1. The molecule has 0 unspecified atom stereocenters. The summed E-state index contributed by atoms with van der Waals surface area (Å²) in [5, 5.41) is 9.25. The van der Waals surface area contributed by atoms with Gasteiger partial charge in [0.05, 0.1) is 16.1 Å². The molecule has 3 aromatic rings. The maximum Gasteiger partial charge on any atom is 0.232 e. The first-order valence-corrected chi connectivity index (χ1v) is 6.66. The lowest BCUT2D eigenvalue weighted by Gasteiger charge is -2.22. The van der Waals surface area contributed by atoms with Crippen LogP contribution in [0.5, 0.6) is 0 Å². The minimum atomic E-state index is 0.365. The first-order valence-electron chi connectivity index (χ1n) is 5.78. The Bertz CT molecular complexity index is 701. The highest BCUT2D eigenvalue weighted by Crippen LogP contribution is 2.26. The van der Waals surface area contributed by atoms with Gasteiger partial charge in [-0.2, -0.15) is 4.98 Å². The normalized spacial score (nSPS) is 16.0. The van der Waals surface area contributed by atoms with Crippen molar-refractivity contribution < 1.29 is 4.52 Å². The summed E-state index contributed by atoms with van der Waals surface area (Å²) in [4.78, 5) is 8.82. The summed E-state index contributed by atoms with van der Waals surface area (Å²) in [5.74, 6) is 1.71. The summed E-state index contributed by atoms with van der Waals surface area (Å²) in [5.41, 5.74) is 1.92. The van der Waals surface area contributed by atoms with E-state index in [0.717, 1.165) is 34.8 Å². The van der Waals surface area contributed by atoms with Gasteiger partial charge in [0.2, 0.25) is 11.7 Å². The monoisotopic (exact) mass is 258 g/mol. The zero-order valence-electron chi connectivity index (χ0n) is 9.46. The van der Waals surface area contributed by atoms with Gasteiger partial charge in [-0.25, -0.2) is 0 Å². The summed E-state index contributed by atoms with van der Waals surface area (Å²) in [6.45, 7) is 1.84. The van der Waals surface area contributed by atoms with E-state index in [-0.39, 0.29) is 0 Å². The average molecular weight is 258 g/mol. The van der Waals surface area contributed by atoms with Crippen molar-refractivity contribution in [1.82, 2.24) is 20.4 Å². The van der Waals surface area contributed by atoms with Gasteiger partial charge in [0.1, 0.15) is 0 Å². The molecule has 1 fully saturated rings. The second-order valence-corrected chi connectivity index (χ2v) is 5.29. The van der Waals surface area contributed by atoms with Gasteiger partial charge >= 0.3 is 0 Å². The number of hydrogen-bond donors (Lipinski definition) is 1. The van der Waals surface area contributed by atoms with Gasteiger partial charge in [-0.3, -0.25) is 4.98 Å². The fourth-order valence-electron chi connectivity index (χ4n) is 1.95. The molecule has 0 saturated carbocycles. The SMILES string of the molecule is c1cc2ncc(-c3noc(C4CNC4)n3)cc2s1. The minimum Gasteiger partial charge on any atom is -0.339 e. The topological polar surface area (TPSA) is 63.8 Å². The lowest BCUT2D eigenvalue weighted by atomic mass is 10.0. The molecule has 0 amide bonds. The Labute approximate surface area is 107 Å². The number of pyridine rings is 1. The lowest BCUT2D eigenvalue weighted by molar-refractivity contribution is 0.308. The molecular weight excluding hydrogens is 248 g/mol. The Morgan fingerprint density at radius 2 is 2.33 bits per heavy atom. The van der Waals surface area contributed by atoms with Crippen LogP contribution >= 0.6 is 11.3 Å². The van der Waals surface area contributed by atoms with Crippen molar-refractivity contribution in [3.63, 3.8) is 0 Å². The summed E-state index contributed by atoms with van der Waals surface area (Å²) in [6.07, 6.45) is 1.79. The van der Waals surface area contributed by atoms with Crippen LogP contribution in [0.25, 0.3) is 21.6 Å². The van der Waals surface area contributed by atoms with Crippen LogP contribution in [0.15, 0.2) is 28.2 Å². The van der Waals surface area contributed by atoms with Gasteiger partial charge in [-0.05, 0) is 17.5 Å². The highest BCUT2D eigenvalue weighted by atomic mass is 32.1. The molecule has 0 aromatic carbocycles. The first-order chi connectivity index (χ1) is 8.90. The molecular formula is C12H10N4OS. The molecule has 1 aliphatic rings. The van der Waals surface area contributed by atoms with E-state index >= 15 is 0 Å². The van der Waals surface area contributed by atoms with Gasteiger partial charge in [0.15, 0.2) is 0 Å². The van der Waals surface area contributed by atoms with Crippen LogP contribution in [0, 0.1) is 0 Å². The number of hydrogen-bond acceptors (Lipinski definition) is 6. The van der Waals surface area contributed by atoms with E-state index in [1.165, 1.54) is 0 Å². The minimum absolute atomic E-state index is 0.365. The van der Waals surface area contributed by atoms with Crippen LogP contribution in [0.2, 0.25) is 0 Å². The number of thiophene rings is 1. The number of nitrogens with zero attached hydrogens (tertiary/aromatic N) is 3. The van der Waals surface area contributed by atoms with Crippen molar-refractivity contribution in [1.29, 1.82) is 0 Å². The van der Waals surface area contributed by atoms with Crippen LogP contribution in [-0.4, -0.2) is 28.2 Å². The largest absolute Gasteiger partial charge is 0.339 e. The Morgan fingerprint density at radius 1 is 1.39 bits per heavy atom. The van der Waals surface area contributed by atoms with E-state index in [1.54, 1.807) is 17.5 Å². The van der Waals surface area contributed by atoms with Gasteiger partial charge in [-0.1, -0.05) is 5.16 Å². The van der Waals surface area contributed by atoms with E-state index in [9.17, 15) is 0 Å². The maximum absolute atomic E-state index is 5.29. The third-order valence-electron chi connectivity index (χ3n) is 3.13. The molecule has 0 radical (unpaired) electrons. The van der Waals surface area contributed by atoms with Crippen molar-refractivity contribution in [3.05, 3.63) is 29.6 Å². The zero-order valence-corrected chi connectivity index (χ0v) is 10.3. The molecule has 90 valence electrons. The molecule has 1 aliphatic heterocycles. The van der Waals surface area contributed by atoms with Crippen molar-refractivity contribution in [2.24, 2.45) is 0 Å². The molecule has 4 rings (SSSR count). The molecule has 6 heteroatoms. The van der Waals surface area contributed by atoms with Crippen LogP contribution in [0.3, 0.4) is 0 Å². The lowest BCUT2D eigenvalue weighted by Crippen LogP contribution is -2.40. The second kappa shape index (κ2) is 3.86. The highest BCUT2D eigenvalue weighted by Gasteiger charge is 2.25. The molecule has 1 N–H and O–H groups in total.